The second-order valence-electron chi connectivity index (χ2n) is 5.83. The summed E-state index contributed by atoms with van der Waals surface area (Å²) in [6.07, 6.45) is 2.00. The number of H-pyrrole nitrogens is 1. The summed E-state index contributed by atoms with van der Waals surface area (Å²) in [7, 11) is 0. The topological polar surface area (TPSA) is 71.2 Å². The number of Topliss-reactive ketones (excluding diaryl/α,β-unsaturated/α-hetero) is 1. The molecule has 2 rings (SSSR count). The van der Waals surface area contributed by atoms with Crippen LogP contribution in [0.2, 0.25) is 0 Å². The Morgan fingerprint density at radius 1 is 1.21 bits per heavy atom. The Labute approximate surface area is 142 Å². The number of amides is 1. The average Bonchev–Trinajstić information content (AvgIpc) is 2.84. The van der Waals surface area contributed by atoms with Gasteiger partial charge in [0, 0.05) is 11.3 Å². The number of rotatable bonds is 7. The molecule has 0 radical (unpaired) electrons. The van der Waals surface area contributed by atoms with E-state index >= 15 is 0 Å². The normalized spacial score (nSPS) is 10.5. The van der Waals surface area contributed by atoms with E-state index in [1.165, 1.54) is 6.92 Å². The molecule has 0 saturated heterocycles. The van der Waals surface area contributed by atoms with Crippen molar-refractivity contribution in [3.05, 3.63) is 46.8 Å². The summed E-state index contributed by atoms with van der Waals surface area (Å²) in [6, 6.07) is 7.35. The van der Waals surface area contributed by atoms with Gasteiger partial charge in [0.25, 0.3) is 5.91 Å². The first-order valence-corrected chi connectivity index (χ1v) is 8.19. The molecule has 0 spiro atoms. The molecule has 128 valence electrons. The number of carbonyl (C=O) groups excluding carboxylic acids is 2. The lowest BCUT2D eigenvalue weighted by molar-refractivity contribution is 0.101. The second-order valence-corrected chi connectivity index (χ2v) is 5.83. The van der Waals surface area contributed by atoms with Crippen molar-refractivity contribution in [3.8, 4) is 5.75 Å². The summed E-state index contributed by atoms with van der Waals surface area (Å²) in [6.45, 7) is 7.78. The molecular weight excluding hydrogens is 304 g/mol. The number of ether oxygens (including phenoxy) is 1. The summed E-state index contributed by atoms with van der Waals surface area (Å²) in [5.41, 5.74) is 2.97. The van der Waals surface area contributed by atoms with Gasteiger partial charge in [0.2, 0.25) is 0 Å². The zero-order valence-electron chi connectivity index (χ0n) is 14.7. The summed E-state index contributed by atoms with van der Waals surface area (Å²) in [4.78, 5) is 27.3. The first-order valence-electron chi connectivity index (χ1n) is 8.19. The van der Waals surface area contributed by atoms with E-state index in [0.717, 1.165) is 12.8 Å². The maximum Gasteiger partial charge on any atom is 0.272 e. The van der Waals surface area contributed by atoms with Crippen molar-refractivity contribution in [1.29, 1.82) is 0 Å². The zero-order valence-corrected chi connectivity index (χ0v) is 14.7. The Morgan fingerprint density at radius 3 is 2.54 bits per heavy atom. The average molecular weight is 328 g/mol. The number of aromatic amines is 1. The fourth-order valence-corrected chi connectivity index (χ4v) is 2.71. The van der Waals surface area contributed by atoms with E-state index < -0.39 is 0 Å². The van der Waals surface area contributed by atoms with Gasteiger partial charge >= 0.3 is 0 Å². The fourth-order valence-electron chi connectivity index (χ4n) is 2.71. The molecule has 0 aliphatic rings. The zero-order chi connectivity index (χ0) is 17.7. The molecule has 1 heterocycles. The molecule has 1 amide bonds. The third kappa shape index (κ3) is 3.85. The van der Waals surface area contributed by atoms with E-state index in [1.54, 1.807) is 19.9 Å². The van der Waals surface area contributed by atoms with Gasteiger partial charge in [-0.05, 0) is 44.9 Å². The van der Waals surface area contributed by atoms with Gasteiger partial charge in [-0.2, -0.15) is 0 Å². The van der Waals surface area contributed by atoms with Crippen LogP contribution in [0, 0.1) is 13.8 Å². The minimum absolute atomic E-state index is 0.0522. The third-order valence-corrected chi connectivity index (χ3v) is 3.91. The predicted octanol–water partition coefficient (Wildman–Crippen LogP) is 4.27. The van der Waals surface area contributed by atoms with Crippen LogP contribution in [0.25, 0.3) is 0 Å². The van der Waals surface area contributed by atoms with Crippen LogP contribution in [0.5, 0.6) is 5.75 Å². The van der Waals surface area contributed by atoms with Crippen LogP contribution in [-0.2, 0) is 0 Å². The van der Waals surface area contributed by atoms with Crippen LogP contribution in [0.4, 0.5) is 5.69 Å². The fraction of sp³-hybridized carbons (Fsp3) is 0.368. The highest BCUT2D eigenvalue weighted by atomic mass is 16.5. The lowest BCUT2D eigenvalue weighted by Gasteiger charge is -2.12. The van der Waals surface area contributed by atoms with Gasteiger partial charge < -0.3 is 15.0 Å². The van der Waals surface area contributed by atoms with Gasteiger partial charge in [-0.3, -0.25) is 9.59 Å². The SMILES string of the molecule is CCCCOc1ccccc1NC(=O)c1[nH]c(C)c(C(C)=O)c1C. The molecule has 0 unspecified atom stereocenters. The predicted molar refractivity (Wildman–Crippen MR) is 95.1 cm³/mol. The number of hydrogen-bond acceptors (Lipinski definition) is 3. The quantitative estimate of drug-likeness (QED) is 0.589. The molecule has 0 aliphatic carbocycles. The van der Waals surface area contributed by atoms with Crippen LogP contribution in [0.3, 0.4) is 0 Å². The summed E-state index contributed by atoms with van der Waals surface area (Å²) in [5.74, 6) is 0.310. The number of aryl methyl sites for hydroxylation is 1. The van der Waals surface area contributed by atoms with Crippen LogP contribution < -0.4 is 10.1 Å². The van der Waals surface area contributed by atoms with Crippen LogP contribution in [-0.4, -0.2) is 23.3 Å². The number of nitrogens with one attached hydrogen (secondary N) is 2. The second kappa shape index (κ2) is 7.81. The number of anilines is 1. The number of carbonyl (C=O) groups is 2. The Balaban J connectivity index is 2.22. The van der Waals surface area contributed by atoms with Crippen molar-refractivity contribution in [1.82, 2.24) is 4.98 Å². The van der Waals surface area contributed by atoms with Crippen molar-refractivity contribution in [3.63, 3.8) is 0 Å². The van der Waals surface area contributed by atoms with Gasteiger partial charge in [0.05, 0.1) is 12.3 Å². The van der Waals surface area contributed by atoms with E-state index in [2.05, 4.69) is 17.2 Å². The number of unbranched alkanes of at least 4 members (excludes halogenated alkanes) is 1. The number of para-hydroxylation sites is 2. The smallest absolute Gasteiger partial charge is 0.272 e. The standard InChI is InChI=1S/C19H24N2O3/c1-5-6-11-24-16-10-8-7-9-15(16)21-19(23)18-12(2)17(14(4)22)13(3)20-18/h7-10,20H,5-6,11H2,1-4H3,(H,21,23). The Kier molecular flexibility index (Phi) is 5.79. The van der Waals surface area contributed by atoms with Crippen LogP contribution in [0.15, 0.2) is 24.3 Å². The molecule has 0 bridgehead atoms. The maximum absolute atomic E-state index is 12.6. The van der Waals surface area contributed by atoms with Crippen LogP contribution >= 0.6 is 0 Å². The highest BCUT2D eigenvalue weighted by molar-refractivity contribution is 6.08. The molecule has 2 N–H and O–H groups in total. The Hall–Kier alpha value is -2.56. The van der Waals surface area contributed by atoms with E-state index in [0.29, 0.717) is 40.6 Å². The Bertz CT molecular complexity index is 747. The lowest BCUT2D eigenvalue weighted by Crippen LogP contribution is -2.15. The van der Waals surface area contributed by atoms with Crippen molar-refractivity contribution in [2.45, 2.75) is 40.5 Å². The largest absolute Gasteiger partial charge is 0.491 e. The van der Waals surface area contributed by atoms with Crippen molar-refractivity contribution < 1.29 is 14.3 Å². The van der Waals surface area contributed by atoms with E-state index in [1.807, 2.05) is 18.2 Å². The molecule has 0 saturated carbocycles. The molecule has 0 atom stereocenters. The first kappa shape index (κ1) is 17.8. The molecule has 1 aromatic heterocycles. The minimum Gasteiger partial charge on any atom is -0.491 e. The van der Waals surface area contributed by atoms with Gasteiger partial charge in [-0.15, -0.1) is 0 Å². The minimum atomic E-state index is -0.283. The number of benzene rings is 1. The van der Waals surface area contributed by atoms with Gasteiger partial charge in [0.1, 0.15) is 11.4 Å². The summed E-state index contributed by atoms with van der Waals surface area (Å²) in [5, 5.41) is 2.87. The first-order chi connectivity index (χ1) is 11.5. The molecule has 1 aromatic carbocycles. The monoisotopic (exact) mass is 328 g/mol. The highest BCUT2D eigenvalue weighted by Crippen LogP contribution is 2.26. The van der Waals surface area contributed by atoms with Crippen molar-refractivity contribution >= 4 is 17.4 Å². The molecule has 24 heavy (non-hydrogen) atoms. The summed E-state index contributed by atoms with van der Waals surface area (Å²) < 4.78 is 5.73. The Morgan fingerprint density at radius 2 is 1.92 bits per heavy atom. The van der Waals surface area contributed by atoms with Crippen molar-refractivity contribution in [2.75, 3.05) is 11.9 Å². The van der Waals surface area contributed by atoms with Crippen LogP contribution in [0.1, 0.15) is 58.8 Å². The number of hydrogen-bond donors (Lipinski definition) is 2. The molecule has 5 nitrogen and oxygen atoms in total. The molecule has 2 aromatic rings. The summed E-state index contributed by atoms with van der Waals surface area (Å²) >= 11 is 0. The van der Waals surface area contributed by atoms with E-state index in [-0.39, 0.29) is 11.7 Å². The van der Waals surface area contributed by atoms with Gasteiger partial charge in [-0.25, -0.2) is 0 Å². The van der Waals surface area contributed by atoms with E-state index in [9.17, 15) is 9.59 Å². The third-order valence-electron chi connectivity index (χ3n) is 3.91. The highest BCUT2D eigenvalue weighted by Gasteiger charge is 2.20. The molecular formula is C19H24N2O3. The maximum atomic E-state index is 12.6. The van der Waals surface area contributed by atoms with Gasteiger partial charge in [0.15, 0.2) is 5.78 Å². The molecule has 0 fully saturated rings. The van der Waals surface area contributed by atoms with Gasteiger partial charge in [-0.1, -0.05) is 25.5 Å². The van der Waals surface area contributed by atoms with Crippen molar-refractivity contribution in [2.24, 2.45) is 0 Å². The number of ketones is 1. The lowest BCUT2D eigenvalue weighted by atomic mass is 10.1. The molecule has 0 aliphatic heterocycles. The van der Waals surface area contributed by atoms with E-state index in [4.69, 9.17) is 4.74 Å². The molecule has 5 heteroatoms. The number of aromatic nitrogens is 1.